The van der Waals surface area contributed by atoms with Crippen LogP contribution in [0.2, 0.25) is 0 Å². The Morgan fingerprint density at radius 1 is 1.16 bits per heavy atom. The van der Waals surface area contributed by atoms with E-state index in [9.17, 15) is 14.7 Å². The van der Waals surface area contributed by atoms with Gasteiger partial charge in [-0.3, -0.25) is 9.59 Å². The fourth-order valence-electron chi connectivity index (χ4n) is 4.39. The highest BCUT2D eigenvalue weighted by Crippen LogP contribution is 2.39. The zero-order valence-corrected chi connectivity index (χ0v) is 19.0. The molecule has 0 radical (unpaired) electrons. The van der Waals surface area contributed by atoms with Crippen LogP contribution in [0, 0.1) is 19.8 Å². The lowest BCUT2D eigenvalue weighted by atomic mass is 9.96. The van der Waals surface area contributed by atoms with Crippen LogP contribution >= 0.6 is 0 Å². The van der Waals surface area contributed by atoms with Crippen LogP contribution in [-0.4, -0.2) is 35.7 Å². The first-order valence-electron chi connectivity index (χ1n) is 11.0. The van der Waals surface area contributed by atoms with E-state index in [2.05, 4.69) is 13.8 Å². The predicted octanol–water partition coefficient (Wildman–Crippen LogP) is 4.37. The number of fused-ring (bicyclic) bond motifs is 2. The Bertz CT molecular complexity index is 1230. The SMILES string of the molecule is Cc1cc(C)c2c(=O)c3c(oc2c1)C(=O)N(CCO)C3c1cccc(OCCC(C)C)c1. The van der Waals surface area contributed by atoms with Crippen LogP contribution in [0.15, 0.2) is 45.6 Å². The van der Waals surface area contributed by atoms with Gasteiger partial charge in [0.25, 0.3) is 5.91 Å². The fraction of sp³-hybridized carbons (Fsp3) is 0.385. The Kier molecular flexibility index (Phi) is 6.07. The summed E-state index contributed by atoms with van der Waals surface area (Å²) in [5, 5.41) is 10.1. The topological polar surface area (TPSA) is 80.0 Å². The Morgan fingerprint density at radius 2 is 1.94 bits per heavy atom. The molecular weight excluding hydrogens is 406 g/mol. The number of carbonyl (C=O) groups excluding carboxylic acids is 1. The number of ether oxygens (including phenoxy) is 1. The number of aryl methyl sites for hydroxylation is 2. The van der Waals surface area contributed by atoms with E-state index in [0.29, 0.717) is 34.8 Å². The summed E-state index contributed by atoms with van der Waals surface area (Å²) in [5.41, 5.74) is 3.05. The highest BCUT2D eigenvalue weighted by Gasteiger charge is 2.42. The van der Waals surface area contributed by atoms with Crippen molar-refractivity contribution in [3.05, 3.63) is 74.6 Å². The van der Waals surface area contributed by atoms with Crippen molar-refractivity contribution in [1.82, 2.24) is 4.90 Å². The number of amides is 1. The molecule has 6 nitrogen and oxygen atoms in total. The van der Waals surface area contributed by atoms with E-state index in [-0.39, 0.29) is 30.2 Å². The second-order valence-corrected chi connectivity index (χ2v) is 8.86. The molecule has 1 unspecified atom stereocenters. The van der Waals surface area contributed by atoms with Gasteiger partial charge in [0.15, 0.2) is 5.43 Å². The van der Waals surface area contributed by atoms with Gasteiger partial charge in [-0.15, -0.1) is 0 Å². The number of aliphatic hydroxyl groups excluding tert-OH is 1. The van der Waals surface area contributed by atoms with Gasteiger partial charge >= 0.3 is 0 Å². The monoisotopic (exact) mass is 435 g/mol. The molecule has 1 amide bonds. The van der Waals surface area contributed by atoms with Gasteiger partial charge < -0.3 is 19.2 Å². The van der Waals surface area contributed by atoms with Crippen LogP contribution in [0.5, 0.6) is 5.75 Å². The van der Waals surface area contributed by atoms with Gasteiger partial charge in [0.2, 0.25) is 5.76 Å². The molecular formula is C26H29NO5. The molecule has 1 aliphatic rings. The summed E-state index contributed by atoms with van der Waals surface area (Å²) < 4.78 is 11.9. The first kappa shape index (κ1) is 22.1. The number of hydrogen-bond donors (Lipinski definition) is 1. The van der Waals surface area contributed by atoms with E-state index in [0.717, 1.165) is 23.1 Å². The minimum Gasteiger partial charge on any atom is -0.494 e. The lowest BCUT2D eigenvalue weighted by Crippen LogP contribution is -2.32. The molecule has 0 bridgehead atoms. The summed E-state index contributed by atoms with van der Waals surface area (Å²) in [6.07, 6.45) is 0.930. The summed E-state index contributed by atoms with van der Waals surface area (Å²) >= 11 is 0. The second-order valence-electron chi connectivity index (χ2n) is 8.86. The average molecular weight is 436 g/mol. The molecule has 2 aromatic carbocycles. The largest absolute Gasteiger partial charge is 0.494 e. The van der Waals surface area contributed by atoms with Gasteiger partial charge in [0.1, 0.15) is 11.3 Å². The summed E-state index contributed by atoms with van der Waals surface area (Å²) in [6, 6.07) is 10.5. The highest BCUT2D eigenvalue weighted by molar-refractivity contribution is 5.99. The summed E-state index contributed by atoms with van der Waals surface area (Å²) in [6.45, 7) is 8.55. The molecule has 0 aliphatic carbocycles. The molecule has 3 aromatic rings. The number of β-amino-alcohol motifs (C(OH)–C–C–N with tert-alkyl or cyclic N) is 1. The molecule has 1 atom stereocenters. The maximum Gasteiger partial charge on any atom is 0.290 e. The second kappa shape index (κ2) is 8.79. The van der Waals surface area contributed by atoms with Crippen molar-refractivity contribution in [1.29, 1.82) is 0 Å². The summed E-state index contributed by atoms with van der Waals surface area (Å²) in [7, 11) is 0. The number of benzene rings is 2. The van der Waals surface area contributed by atoms with Crippen LogP contribution < -0.4 is 10.2 Å². The molecule has 0 saturated carbocycles. The zero-order valence-electron chi connectivity index (χ0n) is 19.0. The molecule has 4 rings (SSSR count). The Balaban J connectivity index is 1.85. The molecule has 2 heterocycles. The average Bonchev–Trinajstić information content (AvgIpc) is 3.00. The summed E-state index contributed by atoms with van der Waals surface area (Å²) in [4.78, 5) is 28.4. The number of nitrogens with zero attached hydrogens (tertiary/aromatic N) is 1. The van der Waals surface area contributed by atoms with E-state index < -0.39 is 6.04 Å². The van der Waals surface area contributed by atoms with Crippen molar-refractivity contribution < 1.29 is 19.1 Å². The first-order valence-corrected chi connectivity index (χ1v) is 11.0. The standard InChI is InChI=1S/C26H29NO5/c1-15(2)8-11-31-19-7-5-6-18(14-19)23-22-24(29)21-17(4)12-16(3)13-20(21)32-25(22)26(30)27(23)9-10-28/h5-7,12-15,23,28H,8-11H2,1-4H3. The molecule has 6 heteroatoms. The number of hydrogen-bond acceptors (Lipinski definition) is 5. The third-order valence-electron chi connectivity index (χ3n) is 5.89. The maximum atomic E-state index is 13.6. The Hall–Kier alpha value is -3.12. The van der Waals surface area contributed by atoms with Crippen LogP contribution in [0.3, 0.4) is 0 Å². The molecule has 1 aromatic heterocycles. The number of rotatable bonds is 7. The van der Waals surface area contributed by atoms with Gasteiger partial charge in [0, 0.05) is 6.54 Å². The van der Waals surface area contributed by atoms with Crippen molar-refractivity contribution >= 4 is 16.9 Å². The van der Waals surface area contributed by atoms with Crippen molar-refractivity contribution in [2.75, 3.05) is 19.8 Å². The fourth-order valence-corrected chi connectivity index (χ4v) is 4.39. The van der Waals surface area contributed by atoms with E-state index in [1.165, 1.54) is 4.90 Å². The predicted molar refractivity (Wildman–Crippen MR) is 123 cm³/mol. The lowest BCUT2D eigenvalue weighted by Gasteiger charge is -2.24. The van der Waals surface area contributed by atoms with Gasteiger partial charge in [-0.05, 0) is 61.1 Å². The minimum absolute atomic E-state index is 0.0529. The van der Waals surface area contributed by atoms with E-state index in [4.69, 9.17) is 9.15 Å². The quantitative estimate of drug-likeness (QED) is 0.596. The van der Waals surface area contributed by atoms with Crippen molar-refractivity contribution in [2.45, 2.75) is 40.2 Å². The van der Waals surface area contributed by atoms with Gasteiger partial charge in [-0.2, -0.15) is 0 Å². The van der Waals surface area contributed by atoms with Crippen LogP contribution in [0.1, 0.15) is 59.1 Å². The molecule has 32 heavy (non-hydrogen) atoms. The third-order valence-corrected chi connectivity index (χ3v) is 5.89. The Labute approximate surface area is 187 Å². The normalized spacial score (nSPS) is 15.6. The first-order chi connectivity index (χ1) is 15.3. The highest BCUT2D eigenvalue weighted by atomic mass is 16.5. The Morgan fingerprint density at radius 3 is 2.66 bits per heavy atom. The molecule has 0 spiro atoms. The van der Waals surface area contributed by atoms with E-state index in [1.54, 1.807) is 6.07 Å². The van der Waals surface area contributed by atoms with Gasteiger partial charge in [-0.1, -0.05) is 32.0 Å². The third kappa shape index (κ3) is 3.91. The maximum absolute atomic E-state index is 13.6. The molecule has 168 valence electrons. The van der Waals surface area contributed by atoms with Crippen molar-refractivity contribution in [3.8, 4) is 5.75 Å². The minimum atomic E-state index is -0.639. The smallest absolute Gasteiger partial charge is 0.290 e. The molecule has 1 N–H and O–H groups in total. The van der Waals surface area contributed by atoms with E-state index in [1.807, 2.05) is 44.2 Å². The number of carbonyl (C=O) groups is 1. The summed E-state index contributed by atoms with van der Waals surface area (Å²) in [5.74, 6) is 0.882. The van der Waals surface area contributed by atoms with Crippen molar-refractivity contribution in [2.24, 2.45) is 5.92 Å². The van der Waals surface area contributed by atoms with Gasteiger partial charge in [0.05, 0.1) is 30.2 Å². The van der Waals surface area contributed by atoms with Crippen LogP contribution in [0.4, 0.5) is 0 Å². The van der Waals surface area contributed by atoms with Crippen LogP contribution in [-0.2, 0) is 0 Å². The number of aliphatic hydroxyl groups is 1. The van der Waals surface area contributed by atoms with E-state index >= 15 is 0 Å². The van der Waals surface area contributed by atoms with Gasteiger partial charge in [-0.25, -0.2) is 0 Å². The van der Waals surface area contributed by atoms with Crippen LogP contribution in [0.25, 0.3) is 11.0 Å². The molecule has 0 saturated heterocycles. The van der Waals surface area contributed by atoms with Crippen molar-refractivity contribution in [3.63, 3.8) is 0 Å². The molecule has 0 fully saturated rings. The zero-order chi connectivity index (χ0) is 23.0. The molecule has 1 aliphatic heterocycles. The lowest BCUT2D eigenvalue weighted by molar-refractivity contribution is 0.0691.